The summed E-state index contributed by atoms with van der Waals surface area (Å²) in [5.41, 5.74) is 1.92. The number of hydrogen-bond acceptors (Lipinski definition) is 3. The number of rotatable bonds is 1. The normalized spacial score (nSPS) is 19.9. The summed E-state index contributed by atoms with van der Waals surface area (Å²) >= 11 is 0. The molecule has 0 aliphatic carbocycles. The van der Waals surface area contributed by atoms with Gasteiger partial charge in [0.2, 0.25) is 0 Å². The summed E-state index contributed by atoms with van der Waals surface area (Å²) in [5.74, 6) is -1.33. The Kier molecular flexibility index (Phi) is 2.04. The van der Waals surface area contributed by atoms with Crippen LogP contribution in [0.3, 0.4) is 0 Å². The highest BCUT2D eigenvalue weighted by Crippen LogP contribution is 2.33. The van der Waals surface area contributed by atoms with E-state index in [2.05, 4.69) is 4.74 Å². The third kappa shape index (κ3) is 1.45. The minimum atomic E-state index is -0.450. The van der Waals surface area contributed by atoms with E-state index in [-0.39, 0.29) is 6.42 Å². The average Bonchev–Trinajstić information content (AvgIpc) is 2.80. The Morgan fingerprint density at radius 2 is 2.06 bits per heavy atom. The minimum Gasteiger partial charge on any atom is -0.393 e. The van der Waals surface area contributed by atoms with E-state index < -0.39 is 17.9 Å². The van der Waals surface area contributed by atoms with Gasteiger partial charge in [-0.3, -0.25) is 9.59 Å². The molecule has 1 saturated heterocycles. The van der Waals surface area contributed by atoms with E-state index in [9.17, 15) is 9.59 Å². The van der Waals surface area contributed by atoms with Crippen LogP contribution in [-0.2, 0) is 21.4 Å². The molecule has 1 aromatic carbocycles. The molecular formula is C13H11NO3. The van der Waals surface area contributed by atoms with Gasteiger partial charge in [0.1, 0.15) is 0 Å². The molecule has 4 nitrogen and oxygen atoms in total. The summed E-state index contributed by atoms with van der Waals surface area (Å²) in [7, 11) is 1.92. The lowest BCUT2D eigenvalue weighted by molar-refractivity contribution is -0.152. The van der Waals surface area contributed by atoms with Crippen molar-refractivity contribution in [3.05, 3.63) is 36.0 Å². The molecule has 0 spiro atoms. The van der Waals surface area contributed by atoms with Crippen molar-refractivity contribution >= 4 is 22.8 Å². The second kappa shape index (κ2) is 3.45. The quantitative estimate of drug-likeness (QED) is 0.552. The van der Waals surface area contributed by atoms with Crippen molar-refractivity contribution < 1.29 is 14.3 Å². The number of nitrogens with zero attached hydrogens (tertiary/aromatic N) is 1. The molecule has 86 valence electrons. The molecule has 1 aliphatic rings. The smallest absolute Gasteiger partial charge is 0.321 e. The number of carbonyl (C=O) groups excluding carboxylic acids is 2. The molecule has 1 fully saturated rings. The third-order valence-corrected chi connectivity index (χ3v) is 3.17. The first-order valence-electron chi connectivity index (χ1n) is 5.45. The van der Waals surface area contributed by atoms with Crippen LogP contribution in [0.25, 0.3) is 10.9 Å². The van der Waals surface area contributed by atoms with Gasteiger partial charge >= 0.3 is 11.9 Å². The highest BCUT2D eigenvalue weighted by molar-refractivity contribution is 6.00. The molecule has 0 radical (unpaired) electrons. The zero-order chi connectivity index (χ0) is 12.0. The van der Waals surface area contributed by atoms with Gasteiger partial charge in [-0.15, -0.1) is 0 Å². The lowest BCUT2D eigenvalue weighted by Crippen LogP contribution is -2.04. The molecule has 0 saturated carbocycles. The summed E-state index contributed by atoms with van der Waals surface area (Å²) in [4.78, 5) is 22.7. The fourth-order valence-corrected chi connectivity index (χ4v) is 2.36. The zero-order valence-electron chi connectivity index (χ0n) is 9.34. The maximum Gasteiger partial charge on any atom is 0.321 e. The molecule has 0 N–H and O–H groups in total. The monoisotopic (exact) mass is 229 g/mol. The molecule has 2 heterocycles. The van der Waals surface area contributed by atoms with E-state index in [1.165, 1.54) is 0 Å². The maximum atomic E-state index is 11.6. The van der Waals surface area contributed by atoms with Crippen LogP contribution in [0.2, 0.25) is 0 Å². The van der Waals surface area contributed by atoms with Crippen LogP contribution in [-0.4, -0.2) is 16.5 Å². The Balaban J connectivity index is 2.18. The van der Waals surface area contributed by atoms with Gasteiger partial charge in [0.25, 0.3) is 0 Å². The lowest BCUT2D eigenvalue weighted by atomic mass is 9.97. The number of ether oxygens (including phenoxy) is 1. The van der Waals surface area contributed by atoms with Crippen molar-refractivity contribution in [3.63, 3.8) is 0 Å². The minimum absolute atomic E-state index is 0.146. The van der Waals surface area contributed by atoms with E-state index in [4.69, 9.17) is 0 Å². The van der Waals surface area contributed by atoms with Gasteiger partial charge in [0.15, 0.2) is 0 Å². The fraction of sp³-hybridized carbons (Fsp3) is 0.231. The number of esters is 2. The Morgan fingerprint density at radius 1 is 1.29 bits per heavy atom. The number of cyclic esters (lactones) is 2. The summed E-state index contributed by atoms with van der Waals surface area (Å²) < 4.78 is 6.56. The van der Waals surface area contributed by atoms with E-state index in [0.717, 1.165) is 16.5 Å². The highest BCUT2D eigenvalue weighted by atomic mass is 16.6. The lowest BCUT2D eigenvalue weighted by Gasteiger charge is -2.01. The second-order valence-corrected chi connectivity index (χ2v) is 4.26. The molecule has 1 unspecified atom stereocenters. The number of aryl methyl sites for hydroxylation is 1. The highest BCUT2D eigenvalue weighted by Gasteiger charge is 2.36. The number of benzene rings is 1. The van der Waals surface area contributed by atoms with Crippen LogP contribution in [0.1, 0.15) is 17.9 Å². The molecule has 1 aromatic heterocycles. The molecule has 4 heteroatoms. The van der Waals surface area contributed by atoms with E-state index in [1.807, 2.05) is 42.1 Å². The Labute approximate surface area is 97.8 Å². The van der Waals surface area contributed by atoms with Crippen molar-refractivity contribution in [3.8, 4) is 0 Å². The fourth-order valence-electron chi connectivity index (χ4n) is 2.36. The first-order valence-corrected chi connectivity index (χ1v) is 5.45. The van der Waals surface area contributed by atoms with E-state index in [0.29, 0.717) is 0 Å². The number of fused-ring (bicyclic) bond motifs is 1. The van der Waals surface area contributed by atoms with Crippen molar-refractivity contribution in [2.75, 3.05) is 0 Å². The number of para-hydroxylation sites is 1. The molecule has 17 heavy (non-hydrogen) atoms. The van der Waals surface area contributed by atoms with Gasteiger partial charge in [-0.1, -0.05) is 18.2 Å². The predicted octanol–water partition coefficient (Wildman–Crippen LogP) is 1.74. The number of carbonyl (C=O) groups is 2. The van der Waals surface area contributed by atoms with Crippen molar-refractivity contribution in [1.29, 1.82) is 0 Å². The standard InChI is InChI=1S/C13H11NO3/c1-14-7-10(8-4-2-3-5-11(8)14)9-6-12(15)17-13(9)16/h2-5,7,9H,6H2,1H3. The zero-order valence-corrected chi connectivity index (χ0v) is 9.34. The van der Waals surface area contributed by atoms with Gasteiger partial charge in [0.05, 0.1) is 12.3 Å². The van der Waals surface area contributed by atoms with Crippen LogP contribution in [0.5, 0.6) is 0 Å². The molecular weight excluding hydrogens is 218 g/mol. The summed E-state index contributed by atoms with van der Waals surface area (Å²) in [6.45, 7) is 0. The summed E-state index contributed by atoms with van der Waals surface area (Å²) in [6, 6.07) is 7.82. The predicted molar refractivity (Wildman–Crippen MR) is 61.4 cm³/mol. The summed E-state index contributed by atoms with van der Waals surface area (Å²) in [5, 5.41) is 1.01. The second-order valence-electron chi connectivity index (χ2n) is 4.26. The molecule has 1 atom stereocenters. The molecule has 0 bridgehead atoms. The first-order chi connectivity index (χ1) is 8.16. The van der Waals surface area contributed by atoms with E-state index in [1.54, 1.807) is 0 Å². The van der Waals surface area contributed by atoms with Crippen molar-refractivity contribution in [2.24, 2.45) is 7.05 Å². The topological polar surface area (TPSA) is 48.3 Å². The SMILES string of the molecule is Cn1cc(C2CC(=O)OC2=O)c2ccccc21. The van der Waals surface area contributed by atoms with Gasteiger partial charge in [-0.25, -0.2) is 0 Å². The molecule has 1 aliphatic heterocycles. The van der Waals surface area contributed by atoms with Crippen molar-refractivity contribution in [2.45, 2.75) is 12.3 Å². The first kappa shape index (κ1) is 10.1. The largest absolute Gasteiger partial charge is 0.393 e. The van der Waals surface area contributed by atoms with Crippen LogP contribution in [0, 0.1) is 0 Å². The van der Waals surface area contributed by atoms with E-state index >= 15 is 0 Å². The van der Waals surface area contributed by atoms with Gasteiger partial charge in [0, 0.05) is 24.1 Å². The van der Waals surface area contributed by atoms with Gasteiger partial charge in [-0.2, -0.15) is 0 Å². The third-order valence-electron chi connectivity index (χ3n) is 3.17. The van der Waals surface area contributed by atoms with Crippen molar-refractivity contribution in [1.82, 2.24) is 4.57 Å². The van der Waals surface area contributed by atoms with Crippen LogP contribution < -0.4 is 0 Å². The molecule has 0 amide bonds. The number of aromatic nitrogens is 1. The Morgan fingerprint density at radius 3 is 2.76 bits per heavy atom. The van der Waals surface area contributed by atoms with Gasteiger partial charge in [-0.05, 0) is 11.6 Å². The van der Waals surface area contributed by atoms with Crippen LogP contribution in [0.15, 0.2) is 30.5 Å². The van der Waals surface area contributed by atoms with Crippen LogP contribution >= 0.6 is 0 Å². The van der Waals surface area contributed by atoms with Gasteiger partial charge < -0.3 is 9.30 Å². The maximum absolute atomic E-state index is 11.6. The molecule has 2 aromatic rings. The summed E-state index contributed by atoms with van der Waals surface area (Å²) in [6.07, 6.45) is 2.04. The van der Waals surface area contributed by atoms with Crippen LogP contribution in [0.4, 0.5) is 0 Å². The Bertz CT molecular complexity index is 627. The number of hydrogen-bond donors (Lipinski definition) is 0. The average molecular weight is 229 g/mol. The Hall–Kier alpha value is -2.10. The molecule has 3 rings (SSSR count).